The Morgan fingerprint density at radius 2 is 2.09 bits per heavy atom. The summed E-state index contributed by atoms with van der Waals surface area (Å²) in [7, 11) is 1.24. The maximum Gasteiger partial charge on any atom is 0.0553 e. The van der Waals surface area contributed by atoms with Crippen molar-refractivity contribution >= 4 is 10.2 Å². The minimum absolute atomic E-state index is 0.400. The van der Waals surface area contributed by atoms with Gasteiger partial charge in [-0.25, -0.2) is 0 Å². The van der Waals surface area contributed by atoms with E-state index in [9.17, 15) is 0 Å². The maximum absolute atomic E-state index is 5.69. The van der Waals surface area contributed by atoms with Crippen LogP contribution in [0.2, 0.25) is 6.04 Å². The van der Waals surface area contributed by atoms with E-state index < -0.39 is 0 Å². The molecule has 0 fully saturated rings. The van der Waals surface area contributed by atoms with E-state index in [2.05, 4.69) is 20.4 Å². The summed E-state index contributed by atoms with van der Waals surface area (Å²) < 4.78 is 5.69. The minimum Gasteiger partial charge on any atom is -0.376 e. The Hall–Kier alpha value is -0.0831. The monoisotopic (exact) mass is 172 g/mol. The van der Waals surface area contributed by atoms with Gasteiger partial charge in [-0.1, -0.05) is 6.08 Å². The molecule has 0 aliphatic heterocycles. The van der Waals surface area contributed by atoms with E-state index in [0.717, 1.165) is 12.8 Å². The zero-order valence-electron chi connectivity index (χ0n) is 7.97. The third kappa shape index (κ3) is 6.32. The third-order valence-electron chi connectivity index (χ3n) is 1.82. The lowest BCUT2D eigenvalue weighted by atomic mass is 10.2. The first-order valence-electron chi connectivity index (χ1n) is 4.47. The van der Waals surface area contributed by atoms with Gasteiger partial charge in [-0.2, -0.15) is 0 Å². The highest BCUT2D eigenvalue weighted by Gasteiger charge is 2.04. The summed E-state index contributed by atoms with van der Waals surface area (Å²) in [5.41, 5.74) is 0. The number of rotatable bonds is 6. The van der Waals surface area contributed by atoms with E-state index in [-0.39, 0.29) is 0 Å². The molecular formula is C9H20OSi. The predicted molar refractivity (Wildman–Crippen MR) is 54.2 cm³/mol. The minimum atomic E-state index is 0.400. The number of hydrogen-bond acceptors (Lipinski definition) is 1. The average molecular weight is 172 g/mol. The molecule has 0 rings (SSSR count). The fourth-order valence-corrected chi connectivity index (χ4v) is 1.11. The Labute approximate surface area is 73.3 Å². The van der Waals surface area contributed by atoms with Crippen molar-refractivity contribution in [3.63, 3.8) is 0 Å². The van der Waals surface area contributed by atoms with Crippen molar-refractivity contribution in [1.29, 1.82) is 0 Å². The molecule has 1 nitrogen and oxygen atoms in total. The Morgan fingerprint density at radius 3 is 2.55 bits per heavy atom. The van der Waals surface area contributed by atoms with Gasteiger partial charge in [0.1, 0.15) is 0 Å². The largest absolute Gasteiger partial charge is 0.376 e. The number of allylic oxidation sites excluding steroid dienone is 1. The summed E-state index contributed by atoms with van der Waals surface area (Å²) in [5.74, 6) is 0. The van der Waals surface area contributed by atoms with Crippen LogP contribution in [-0.2, 0) is 4.74 Å². The first kappa shape index (κ1) is 10.9. The topological polar surface area (TPSA) is 9.23 Å². The zero-order chi connectivity index (χ0) is 8.69. The molecule has 0 aromatic carbocycles. The maximum atomic E-state index is 5.69. The average Bonchev–Trinajstić information content (AvgIpc) is 2.00. The van der Waals surface area contributed by atoms with Crippen LogP contribution in [0.3, 0.4) is 0 Å². The lowest BCUT2D eigenvalue weighted by molar-refractivity contribution is 0.0154. The first-order chi connectivity index (χ1) is 5.20. The van der Waals surface area contributed by atoms with Crippen LogP contribution in [0.25, 0.3) is 0 Å². The molecule has 0 bridgehead atoms. The fraction of sp³-hybridized carbons (Fsp3) is 0.778. The standard InChI is InChI=1S/C9H20OSi/c1-4-5-6-8(2)10-9(3)7-11/h4,8-9H,1,5-7H2,2-3,11H3. The predicted octanol–water partition coefficient (Wildman–Crippen LogP) is 1.53. The quantitative estimate of drug-likeness (QED) is 0.436. The molecule has 0 saturated carbocycles. The molecule has 0 spiro atoms. The molecule has 0 heterocycles. The molecule has 0 aliphatic carbocycles. The molecular weight excluding hydrogens is 152 g/mol. The Morgan fingerprint density at radius 1 is 1.45 bits per heavy atom. The molecule has 0 aliphatic rings. The van der Waals surface area contributed by atoms with Crippen LogP contribution in [0.5, 0.6) is 0 Å². The molecule has 66 valence electrons. The van der Waals surface area contributed by atoms with Crippen LogP contribution in [0.15, 0.2) is 12.7 Å². The van der Waals surface area contributed by atoms with Crippen molar-refractivity contribution in [3.05, 3.63) is 12.7 Å². The SMILES string of the molecule is C=CCCC(C)OC(C)C[SiH3]. The van der Waals surface area contributed by atoms with Gasteiger partial charge >= 0.3 is 0 Å². The molecule has 0 saturated heterocycles. The second-order valence-electron chi connectivity index (χ2n) is 3.03. The van der Waals surface area contributed by atoms with Gasteiger partial charge in [-0.3, -0.25) is 0 Å². The fourth-order valence-electron chi connectivity index (χ4n) is 0.913. The van der Waals surface area contributed by atoms with Gasteiger partial charge in [0.15, 0.2) is 0 Å². The van der Waals surface area contributed by atoms with E-state index >= 15 is 0 Å². The van der Waals surface area contributed by atoms with Crippen LogP contribution in [0.1, 0.15) is 26.7 Å². The molecule has 0 amide bonds. The van der Waals surface area contributed by atoms with Crippen molar-refractivity contribution in [2.45, 2.75) is 44.9 Å². The second-order valence-corrected chi connectivity index (χ2v) is 3.85. The van der Waals surface area contributed by atoms with Crippen molar-refractivity contribution in [2.24, 2.45) is 0 Å². The van der Waals surface area contributed by atoms with Crippen molar-refractivity contribution < 1.29 is 4.74 Å². The van der Waals surface area contributed by atoms with Gasteiger partial charge in [0.2, 0.25) is 0 Å². The zero-order valence-corrected chi connectivity index (χ0v) is 9.97. The molecule has 0 aromatic heterocycles. The summed E-state index contributed by atoms with van der Waals surface area (Å²) in [6.45, 7) is 7.97. The van der Waals surface area contributed by atoms with Gasteiger partial charge in [0.05, 0.1) is 12.2 Å². The molecule has 0 N–H and O–H groups in total. The van der Waals surface area contributed by atoms with E-state index in [4.69, 9.17) is 4.74 Å². The summed E-state index contributed by atoms with van der Waals surface area (Å²) in [4.78, 5) is 0. The van der Waals surface area contributed by atoms with Crippen molar-refractivity contribution in [3.8, 4) is 0 Å². The van der Waals surface area contributed by atoms with Crippen LogP contribution in [0.4, 0.5) is 0 Å². The second kappa shape index (κ2) is 6.62. The third-order valence-corrected chi connectivity index (χ3v) is 2.97. The lowest BCUT2D eigenvalue weighted by Crippen LogP contribution is -2.16. The summed E-state index contributed by atoms with van der Waals surface area (Å²) in [6.07, 6.45) is 4.98. The van der Waals surface area contributed by atoms with E-state index in [1.807, 2.05) is 6.08 Å². The summed E-state index contributed by atoms with van der Waals surface area (Å²) in [6, 6.07) is 1.23. The molecule has 0 aromatic rings. The Bertz CT molecular complexity index is 104. The van der Waals surface area contributed by atoms with Gasteiger partial charge < -0.3 is 4.74 Å². The van der Waals surface area contributed by atoms with Crippen LogP contribution in [-0.4, -0.2) is 22.5 Å². The summed E-state index contributed by atoms with van der Waals surface area (Å²) >= 11 is 0. The molecule has 11 heavy (non-hydrogen) atoms. The van der Waals surface area contributed by atoms with Gasteiger partial charge in [-0.05, 0) is 32.7 Å². The van der Waals surface area contributed by atoms with Crippen LogP contribution >= 0.6 is 0 Å². The van der Waals surface area contributed by atoms with E-state index in [0.29, 0.717) is 12.2 Å². The first-order valence-corrected chi connectivity index (χ1v) is 5.88. The van der Waals surface area contributed by atoms with Gasteiger partial charge in [-0.15, -0.1) is 6.58 Å². The lowest BCUT2D eigenvalue weighted by Gasteiger charge is -2.16. The highest BCUT2D eigenvalue weighted by atomic mass is 28.1. The highest BCUT2D eigenvalue weighted by Crippen LogP contribution is 2.06. The Kier molecular flexibility index (Phi) is 6.57. The van der Waals surface area contributed by atoms with Gasteiger partial charge in [0, 0.05) is 10.2 Å². The van der Waals surface area contributed by atoms with E-state index in [1.54, 1.807) is 0 Å². The van der Waals surface area contributed by atoms with E-state index in [1.165, 1.54) is 16.3 Å². The van der Waals surface area contributed by atoms with Crippen LogP contribution in [0, 0.1) is 0 Å². The van der Waals surface area contributed by atoms with Crippen molar-refractivity contribution in [1.82, 2.24) is 0 Å². The van der Waals surface area contributed by atoms with Crippen molar-refractivity contribution in [2.75, 3.05) is 0 Å². The smallest absolute Gasteiger partial charge is 0.0553 e. The highest BCUT2D eigenvalue weighted by molar-refractivity contribution is 6.08. The molecule has 2 unspecified atom stereocenters. The summed E-state index contributed by atoms with van der Waals surface area (Å²) in [5, 5.41) is 0. The Balaban J connectivity index is 3.34. The normalized spacial score (nSPS) is 16.2. The number of ether oxygens (including phenoxy) is 1. The molecule has 0 radical (unpaired) electrons. The molecule has 2 atom stereocenters. The number of hydrogen-bond donors (Lipinski definition) is 0. The van der Waals surface area contributed by atoms with Gasteiger partial charge in [0.25, 0.3) is 0 Å². The van der Waals surface area contributed by atoms with Crippen LogP contribution < -0.4 is 0 Å². The molecule has 2 heteroatoms.